The van der Waals surface area contributed by atoms with E-state index in [1.54, 1.807) is 0 Å². The quantitative estimate of drug-likeness (QED) is 0.649. The molecule has 1 N–H and O–H groups in total. The molecule has 132 valence electrons. The minimum Gasteiger partial charge on any atom is -0.352 e. The summed E-state index contributed by atoms with van der Waals surface area (Å²) in [6.07, 6.45) is 4.95. The number of hydrogen-bond donors (Lipinski definition) is 1. The maximum atomic E-state index is 12.2. The van der Waals surface area contributed by atoms with E-state index in [0.717, 1.165) is 37.5 Å². The molecule has 9 heteroatoms. The van der Waals surface area contributed by atoms with Crippen LogP contribution in [0.4, 0.5) is 5.69 Å². The number of hydrogen-bond acceptors (Lipinski definition) is 5. The first-order chi connectivity index (χ1) is 12.1. The maximum Gasteiger partial charge on any atom is 0.270 e. The van der Waals surface area contributed by atoms with Gasteiger partial charge in [0.25, 0.3) is 11.6 Å². The number of benzene rings is 1. The van der Waals surface area contributed by atoms with Gasteiger partial charge in [-0.15, -0.1) is 10.2 Å². The van der Waals surface area contributed by atoms with Gasteiger partial charge in [-0.05, 0) is 18.9 Å². The highest BCUT2D eigenvalue weighted by atomic mass is 35.5. The SMILES string of the molecule is O=C(NCCc1nnc2n1CCCCC2)c1ccc([N+](=O)[O-])cc1Cl. The number of carbonyl (C=O) groups excluding carboxylic acids is 1. The Bertz CT molecular complexity index is 805. The summed E-state index contributed by atoms with van der Waals surface area (Å²) in [5.74, 6) is 1.51. The maximum absolute atomic E-state index is 12.2. The van der Waals surface area contributed by atoms with Crippen molar-refractivity contribution in [2.75, 3.05) is 6.54 Å². The molecule has 1 aliphatic rings. The van der Waals surface area contributed by atoms with Crippen molar-refractivity contribution < 1.29 is 9.72 Å². The van der Waals surface area contributed by atoms with Crippen LogP contribution < -0.4 is 5.32 Å². The normalized spacial score (nSPS) is 13.8. The summed E-state index contributed by atoms with van der Waals surface area (Å²) in [4.78, 5) is 22.4. The van der Waals surface area contributed by atoms with Crippen LogP contribution in [-0.2, 0) is 19.4 Å². The van der Waals surface area contributed by atoms with Gasteiger partial charge < -0.3 is 9.88 Å². The highest BCUT2D eigenvalue weighted by Crippen LogP contribution is 2.22. The lowest BCUT2D eigenvalue weighted by atomic mass is 10.2. The number of nitrogens with zero attached hydrogens (tertiary/aromatic N) is 4. The number of nitro groups is 1. The van der Waals surface area contributed by atoms with E-state index in [9.17, 15) is 14.9 Å². The fourth-order valence-corrected chi connectivity index (χ4v) is 3.18. The summed E-state index contributed by atoms with van der Waals surface area (Å²) in [7, 11) is 0. The van der Waals surface area contributed by atoms with Gasteiger partial charge in [0, 0.05) is 38.1 Å². The molecule has 1 aliphatic heterocycles. The molecule has 0 radical (unpaired) electrons. The average Bonchev–Trinajstić information content (AvgIpc) is 2.81. The van der Waals surface area contributed by atoms with E-state index in [2.05, 4.69) is 20.1 Å². The molecule has 0 saturated heterocycles. The second-order valence-electron chi connectivity index (χ2n) is 5.92. The molecule has 0 atom stereocenters. The summed E-state index contributed by atoms with van der Waals surface area (Å²) in [6, 6.07) is 3.80. The number of amides is 1. The van der Waals surface area contributed by atoms with Crippen LogP contribution in [0, 0.1) is 10.1 Å². The third-order valence-electron chi connectivity index (χ3n) is 4.23. The number of nitro benzene ring substituents is 1. The van der Waals surface area contributed by atoms with E-state index in [-0.39, 0.29) is 22.2 Å². The first-order valence-corrected chi connectivity index (χ1v) is 8.57. The van der Waals surface area contributed by atoms with Crippen LogP contribution in [0.5, 0.6) is 0 Å². The second-order valence-corrected chi connectivity index (χ2v) is 6.33. The largest absolute Gasteiger partial charge is 0.352 e. The predicted molar refractivity (Wildman–Crippen MR) is 91.7 cm³/mol. The van der Waals surface area contributed by atoms with Gasteiger partial charge in [0.05, 0.1) is 15.5 Å². The summed E-state index contributed by atoms with van der Waals surface area (Å²) >= 11 is 5.97. The summed E-state index contributed by atoms with van der Waals surface area (Å²) < 4.78 is 2.14. The Morgan fingerprint density at radius 2 is 2.16 bits per heavy atom. The minimum absolute atomic E-state index is 0.0584. The van der Waals surface area contributed by atoms with E-state index < -0.39 is 4.92 Å². The lowest BCUT2D eigenvalue weighted by Crippen LogP contribution is -2.27. The van der Waals surface area contributed by atoms with Crippen molar-refractivity contribution in [1.29, 1.82) is 0 Å². The Morgan fingerprint density at radius 1 is 1.32 bits per heavy atom. The summed E-state index contributed by atoms with van der Waals surface area (Å²) in [5.41, 5.74) is 0.0695. The van der Waals surface area contributed by atoms with Crippen molar-refractivity contribution in [3.63, 3.8) is 0 Å². The van der Waals surface area contributed by atoms with Crippen molar-refractivity contribution in [2.24, 2.45) is 0 Å². The Hall–Kier alpha value is -2.48. The van der Waals surface area contributed by atoms with Crippen LogP contribution in [0.2, 0.25) is 5.02 Å². The molecule has 0 bridgehead atoms. The van der Waals surface area contributed by atoms with Gasteiger partial charge in [0.15, 0.2) is 0 Å². The van der Waals surface area contributed by atoms with Crippen molar-refractivity contribution >= 4 is 23.2 Å². The molecule has 0 saturated carbocycles. The van der Waals surface area contributed by atoms with E-state index >= 15 is 0 Å². The van der Waals surface area contributed by atoms with Crippen LogP contribution in [0.25, 0.3) is 0 Å². The highest BCUT2D eigenvalue weighted by molar-refractivity contribution is 6.34. The molecule has 0 aliphatic carbocycles. The molecular weight excluding hydrogens is 346 g/mol. The zero-order valence-electron chi connectivity index (χ0n) is 13.6. The van der Waals surface area contributed by atoms with Crippen molar-refractivity contribution in [1.82, 2.24) is 20.1 Å². The van der Waals surface area contributed by atoms with Crippen molar-refractivity contribution in [2.45, 2.75) is 38.6 Å². The number of aromatic nitrogens is 3. The fourth-order valence-electron chi connectivity index (χ4n) is 2.92. The van der Waals surface area contributed by atoms with E-state index in [1.165, 1.54) is 24.6 Å². The molecule has 0 spiro atoms. The van der Waals surface area contributed by atoms with E-state index in [0.29, 0.717) is 13.0 Å². The molecule has 1 aromatic carbocycles. The van der Waals surface area contributed by atoms with Gasteiger partial charge >= 0.3 is 0 Å². The fraction of sp³-hybridized carbons (Fsp3) is 0.438. The second kappa shape index (κ2) is 7.60. The lowest BCUT2D eigenvalue weighted by molar-refractivity contribution is -0.384. The molecule has 3 rings (SSSR count). The Kier molecular flexibility index (Phi) is 5.28. The van der Waals surface area contributed by atoms with E-state index in [4.69, 9.17) is 11.6 Å². The molecule has 0 unspecified atom stereocenters. The van der Waals surface area contributed by atoms with Gasteiger partial charge in [-0.2, -0.15) is 0 Å². The van der Waals surface area contributed by atoms with Crippen LogP contribution in [0.15, 0.2) is 18.2 Å². The van der Waals surface area contributed by atoms with Crippen LogP contribution >= 0.6 is 11.6 Å². The highest BCUT2D eigenvalue weighted by Gasteiger charge is 2.17. The number of non-ortho nitro benzene ring substituents is 1. The number of fused-ring (bicyclic) bond motifs is 1. The van der Waals surface area contributed by atoms with Crippen LogP contribution in [-0.4, -0.2) is 32.1 Å². The monoisotopic (exact) mass is 363 g/mol. The van der Waals surface area contributed by atoms with Crippen molar-refractivity contribution in [3.05, 3.63) is 50.5 Å². The predicted octanol–water partition coefficient (Wildman–Crippen LogP) is 2.54. The minimum atomic E-state index is -0.551. The third kappa shape index (κ3) is 3.96. The van der Waals surface area contributed by atoms with Gasteiger partial charge in [0.2, 0.25) is 0 Å². The lowest BCUT2D eigenvalue weighted by Gasteiger charge is -2.08. The van der Waals surface area contributed by atoms with Crippen molar-refractivity contribution in [3.8, 4) is 0 Å². The van der Waals surface area contributed by atoms with Crippen LogP contribution in [0.3, 0.4) is 0 Å². The Morgan fingerprint density at radius 3 is 2.92 bits per heavy atom. The number of halogens is 1. The standard InChI is InChI=1S/C16H18ClN5O3/c17-13-10-11(22(24)25)5-6-12(13)16(23)18-8-7-15-20-19-14-4-2-1-3-9-21(14)15/h5-6,10H,1-4,7-9H2,(H,18,23). The molecule has 1 amide bonds. The molecular formula is C16H18ClN5O3. The first-order valence-electron chi connectivity index (χ1n) is 8.19. The zero-order chi connectivity index (χ0) is 17.8. The summed E-state index contributed by atoms with van der Waals surface area (Å²) in [6.45, 7) is 1.31. The number of rotatable bonds is 5. The molecule has 1 aromatic heterocycles. The molecule has 2 aromatic rings. The van der Waals surface area contributed by atoms with Gasteiger partial charge in [-0.25, -0.2) is 0 Å². The van der Waals surface area contributed by atoms with Gasteiger partial charge in [-0.3, -0.25) is 14.9 Å². The molecule has 8 nitrogen and oxygen atoms in total. The third-order valence-corrected chi connectivity index (χ3v) is 4.54. The Balaban J connectivity index is 1.60. The average molecular weight is 364 g/mol. The Labute approximate surface area is 149 Å². The van der Waals surface area contributed by atoms with Crippen LogP contribution in [0.1, 0.15) is 41.3 Å². The topological polar surface area (TPSA) is 103 Å². The van der Waals surface area contributed by atoms with Gasteiger partial charge in [0.1, 0.15) is 11.6 Å². The molecule has 25 heavy (non-hydrogen) atoms. The number of nitrogens with one attached hydrogen (secondary N) is 1. The smallest absolute Gasteiger partial charge is 0.270 e. The summed E-state index contributed by atoms with van der Waals surface area (Å²) in [5, 5.41) is 22.0. The number of aryl methyl sites for hydroxylation is 1. The first kappa shape index (κ1) is 17.3. The van der Waals surface area contributed by atoms with E-state index in [1.807, 2.05) is 0 Å². The number of carbonyl (C=O) groups is 1. The molecule has 2 heterocycles. The molecule has 0 fully saturated rings. The zero-order valence-corrected chi connectivity index (χ0v) is 14.3. The van der Waals surface area contributed by atoms with Gasteiger partial charge in [-0.1, -0.05) is 18.0 Å².